The highest BCUT2D eigenvalue weighted by Crippen LogP contribution is 2.47. The summed E-state index contributed by atoms with van der Waals surface area (Å²) in [5, 5.41) is 0. The smallest absolute Gasteiger partial charge is 0.204 e. The van der Waals surface area contributed by atoms with Gasteiger partial charge in [0, 0.05) is 11.5 Å². The molecule has 2 rings (SSSR count). The van der Waals surface area contributed by atoms with E-state index in [4.69, 9.17) is 14.2 Å². The van der Waals surface area contributed by atoms with Crippen LogP contribution in [0.4, 0.5) is 4.39 Å². The number of aryl methyl sites for hydroxylation is 1. The van der Waals surface area contributed by atoms with Crippen LogP contribution in [0.25, 0.3) is 0 Å². The van der Waals surface area contributed by atoms with E-state index < -0.39 is 0 Å². The van der Waals surface area contributed by atoms with Gasteiger partial charge in [0.1, 0.15) is 12.1 Å². The van der Waals surface area contributed by atoms with E-state index in [1.807, 2.05) is 20.8 Å². The van der Waals surface area contributed by atoms with Crippen molar-refractivity contribution in [1.29, 1.82) is 0 Å². The lowest BCUT2D eigenvalue weighted by Gasteiger charge is -2.23. The third-order valence-corrected chi connectivity index (χ3v) is 4.80. The Labute approximate surface area is 160 Å². The van der Waals surface area contributed by atoms with Crippen LogP contribution < -0.4 is 14.2 Å². The minimum absolute atomic E-state index is 0.239. The number of benzene rings is 2. The topological polar surface area (TPSA) is 44.8 Å². The maximum absolute atomic E-state index is 13.0. The molecule has 27 heavy (non-hydrogen) atoms. The number of hydrogen-bond acceptors (Lipinski definition) is 4. The lowest BCUT2D eigenvalue weighted by molar-refractivity contribution is -0.108. The first-order chi connectivity index (χ1) is 12.9. The van der Waals surface area contributed by atoms with E-state index in [1.165, 1.54) is 12.1 Å². The number of halogens is 1. The van der Waals surface area contributed by atoms with Gasteiger partial charge in [-0.05, 0) is 55.5 Å². The summed E-state index contributed by atoms with van der Waals surface area (Å²) in [5.74, 6) is 1.12. The lowest BCUT2D eigenvalue weighted by Crippen LogP contribution is -2.09. The first kappa shape index (κ1) is 20.7. The molecule has 0 saturated heterocycles. The molecule has 0 saturated carbocycles. The molecular weight excluding hydrogens is 347 g/mol. The largest absolute Gasteiger partial charge is 0.492 e. The number of hydrogen-bond donors (Lipinski definition) is 0. The van der Waals surface area contributed by atoms with Crippen LogP contribution in [0.1, 0.15) is 41.5 Å². The molecule has 4 nitrogen and oxygen atoms in total. The van der Waals surface area contributed by atoms with Gasteiger partial charge in [-0.15, -0.1) is 0 Å². The predicted octanol–water partition coefficient (Wildman–Crippen LogP) is 4.77. The molecule has 0 aliphatic heterocycles. The molecule has 0 heterocycles. The number of aldehydes is 1. The van der Waals surface area contributed by atoms with Gasteiger partial charge in [0.05, 0.1) is 20.8 Å². The Kier molecular flexibility index (Phi) is 7.22. The molecule has 2 aromatic carbocycles. The summed E-state index contributed by atoms with van der Waals surface area (Å²) in [4.78, 5) is 11.4. The van der Waals surface area contributed by atoms with E-state index in [1.54, 1.807) is 26.4 Å². The second kappa shape index (κ2) is 9.40. The Balaban J connectivity index is 2.24. The van der Waals surface area contributed by atoms with E-state index in [9.17, 15) is 9.18 Å². The summed E-state index contributed by atoms with van der Waals surface area (Å²) in [5.41, 5.74) is 3.76. The zero-order chi connectivity index (χ0) is 20.0. The molecule has 0 aliphatic carbocycles. The fourth-order valence-corrected chi connectivity index (χ4v) is 3.24. The maximum atomic E-state index is 13.0. The van der Waals surface area contributed by atoms with Gasteiger partial charge in [0.2, 0.25) is 5.75 Å². The molecule has 0 radical (unpaired) electrons. The van der Waals surface area contributed by atoms with Gasteiger partial charge >= 0.3 is 0 Å². The second-order valence-corrected chi connectivity index (χ2v) is 6.56. The third kappa shape index (κ3) is 4.59. The fourth-order valence-electron chi connectivity index (χ4n) is 3.24. The zero-order valence-electron chi connectivity index (χ0n) is 16.6. The molecule has 0 spiro atoms. The molecule has 5 heteroatoms. The van der Waals surface area contributed by atoms with Crippen molar-refractivity contribution in [3.8, 4) is 17.2 Å². The van der Waals surface area contributed by atoms with Gasteiger partial charge in [-0.2, -0.15) is 0 Å². The Hall–Kier alpha value is -2.56. The standard InChI is InChI=1S/C22H27FO4/c1-14(13-24)19-15(2)16(3)20(25-4)22(21(19)26-5)27-12-6-7-17-8-10-18(23)11-9-17/h8-11,13-14H,6-7,12H2,1-5H3. The Morgan fingerprint density at radius 3 is 2.19 bits per heavy atom. The van der Waals surface area contributed by atoms with Crippen LogP contribution in [0.5, 0.6) is 17.2 Å². The van der Waals surface area contributed by atoms with Crippen LogP contribution >= 0.6 is 0 Å². The lowest BCUT2D eigenvalue weighted by atomic mass is 9.92. The Morgan fingerprint density at radius 2 is 1.63 bits per heavy atom. The molecule has 0 bridgehead atoms. The normalized spacial score (nSPS) is 11.8. The number of carbonyl (C=O) groups excluding carboxylic acids is 1. The van der Waals surface area contributed by atoms with E-state index in [0.29, 0.717) is 23.9 Å². The first-order valence-electron chi connectivity index (χ1n) is 9.02. The summed E-state index contributed by atoms with van der Waals surface area (Å²) in [6.45, 7) is 6.18. The van der Waals surface area contributed by atoms with Crippen molar-refractivity contribution in [2.24, 2.45) is 0 Å². The Bertz CT molecular complexity index is 784. The molecule has 0 N–H and O–H groups in total. The molecule has 2 aromatic rings. The third-order valence-electron chi connectivity index (χ3n) is 4.80. The van der Waals surface area contributed by atoms with E-state index in [-0.39, 0.29) is 11.7 Å². The SMILES string of the molecule is COc1c(C)c(C)c(C(C)C=O)c(OC)c1OCCCc1ccc(F)cc1. The van der Waals surface area contributed by atoms with Gasteiger partial charge in [0.15, 0.2) is 11.5 Å². The van der Waals surface area contributed by atoms with E-state index in [0.717, 1.165) is 41.4 Å². The predicted molar refractivity (Wildman–Crippen MR) is 104 cm³/mol. The number of carbonyl (C=O) groups is 1. The highest BCUT2D eigenvalue weighted by molar-refractivity contribution is 5.71. The van der Waals surface area contributed by atoms with Crippen LogP contribution in [-0.4, -0.2) is 27.1 Å². The number of methoxy groups -OCH3 is 2. The monoisotopic (exact) mass is 374 g/mol. The van der Waals surface area contributed by atoms with Crippen LogP contribution in [0.2, 0.25) is 0 Å². The summed E-state index contributed by atoms with van der Waals surface area (Å²) in [7, 11) is 3.16. The van der Waals surface area contributed by atoms with Gasteiger partial charge in [-0.1, -0.05) is 19.1 Å². The van der Waals surface area contributed by atoms with Crippen molar-refractivity contribution < 1.29 is 23.4 Å². The number of ether oxygens (including phenoxy) is 3. The van der Waals surface area contributed by atoms with Crippen molar-refractivity contribution in [3.63, 3.8) is 0 Å². The molecule has 0 aliphatic rings. The minimum atomic E-state index is -0.314. The summed E-state index contributed by atoms with van der Waals surface area (Å²) in [6, 6.07) is 6.46. The van der Waals surface area contributed by atoms with Crippen molar-refractivity contribution in [1.82, 2.24) is 0 Å². The summed E-state index contributed by atoms with van der Waals surface area (Å²) >= 11 is 0. The van der Waals surface area contributed by atoms with Crippen molar-refractivity contribution in [2.75, 3.05) is 20.8 Å². The average Bonchev–Trinajstić information content (AvgIpc) is 2.68. The summed E-state index contributed by atoms with van der Waals surface area (Å²) < 4.78 is 30.2. The van der Waals surface area contributed by atoms with Gasteiger partial charge < -0.3 is 19.0 Å². The number of rotatable bonds is 9. The Morgan fingerprint density at radius 1 is 1.00 bits per heavy atom. The van der Waals surface area contributed by atoms with Gasteiger partial charge in [0.25, 0.3) is 0 Å². The molecule has 146 valence electrons. The van der Waals surface area contributed by atoms with Crippen molar-refractivity contribution in [3.05, 3.63) is 52.3 Å². The van der Waals surface area contributed by atoms with Gasteiger partial charge in [-0.3, -0.25) is 0 Å². The van der Waals surface area contributed by atoms with Crippen LogP contribution in [0.3, 0.4) is 0 Å². The molecule has 0 amide bonds. The minimum Gasteiger partial charge on any atom is -0.492 e. The molecular formula is C22H27FO4. The fraction of sp³-hybridized carbons (Fsp3) is 0.409. The van der Waals surface area contributed by atoms with Crippen molar-refractivity contribution in [2.45, 2.75) is 39.5 Å². The molecule has 1 atom stereocenters. The van der Waals surface area contributed by atoms with Crippen molar-refractivity contribution >= 4 is 6.29 Å². The van der Waals surface area contributed by atoms with E-state index in [2.05, 4.69) is 0 Å². The highest BCUT2D eigenvalue weighted by atomic mass is 19.1. The first-order valence-corrected chi connectivity index (χ1v) is 9.02. The summed E-state index contributed by atoms with van der Waals surface area (Å²) in [6.07, 6.45) is 2.42. The average molecular weight is 374 g/mol. The maximum Gasteiger partial charge on any atom is 0.204 e. The van der Waals surface area contributed by atoms with Crippen LogP contribution in [0, 0.1) is 19.7 Å². The second-order valence-electron chi connectivity index (χ2n) is 6.56. The molecule has 1 unspecified atom stereocenters. The van der Waals surface area contributed by atoms with Crippen LogP contribution in [0.15, 0.2) is 24.3 Å². The molecule has 0 fully saturated rings. The zero-order valence-corrected chi connectivity index (χ0v) is 16.6. The highest BCUT2D eigenvalue weighted by Gasteiger charge is 2.25. The molecule has 0 aromatic heterocycles. The quantitative estimate of drug-likeness (QED) is 0.468. The van der Waals surface area contributed by atoms with Gasteiger partial charge in [-0.25, -0.2) is 4.39 Å². The van der Waals surface area contributed by atoms with E-state index >= 15 is 0 Å². The van der Waals surface area contributed by atoms with Crippen LogP contribution in [-0.2, 0) is 11.2 Å².